The predicted octanol–water partition coefficient (Wildman–Crippen LogP) is 1.74. The summed E-state index contributed by atoms with van der Waals surface area (Å²) in [6.45, 7) is 5.07. The van der Waals surface area contributed by atoms with Gasteiger partial charge in [-0.25, -0.2) is 4.68 Å². The number of amides is 1. The second-order valence-corrected chi connectivity index (χ2v) is 6.78. The lowest BCUT2D eigenvalue weighted by Crippen LogP contribution is -2.35. The molecule has 25 heavy (non-hydrogen) atoms. The summed E-state index contributed by atoms with van der Waals surface area (Å²) in [6.07, 6.45) is 2.21. The van der Waals surface area contributed by atoms with Crippen molar-refractivity contribution in [3.05, 3.63) is 47.3 Å². The molecule has 134 valence electrons. The first kappa shape index (κ1) is 17.6. The van der Waals surface area contributed by atoms with Crippen LogP contribution >= 0.6 is 0 Å². The van der Waals surface area contributed by atoms with E-state index < -0.39 is 5.60 Å². The molecule has 1 saturated heterocycles. The first-order chi connectivity index (χ1) is 11.9. The molecule has 1 amide bonds. The van der Waals surface area contributed by atoms with Crippen LogP contribution in [0.2, 0.25) is 0 Å². The number of hydrogen-bond donors (Lipinski definition) is 1. The third-order valence-electron chi connectivity index (χ3n) is 4.60. The maximum absolute atomic E-state index is 12.9. The van der Waals surface area contributed by atoms with Crippen LogP contribution in [0.3, 0.4) is 0 Å². The van der Waals surface area contributed by atoms with Crippen LogP contribution in [-0.4, -0.2) is 51.1 Å². The van der Waals surface area contributed by atoms with E-state index in [0.717, 1.165) is 5.56 Å². The highest BCUT2D eigenvalue weighted by Gasteiger charge is 2.42. The third kappa shape index (κ3) is 3.43. The van der Waals surface area contributed by atoms with Crippen molar-refractivity contribution < 1.29 is 14.6 Å². The van der Waals surface area contributed by atoms with Gasteiger partial charge in [0.1, 0.15) is 11.3 Å². The van der Waals surface area contributed by atoms with Gasteiger partial charge in [0.25, 0.3) is 5.91 Å². The second kappa shape index (κ2) is 6.93. The van der Waals surface area contributed by atoms with Gasteiger partial charge in [-0.3, -0.25) is 4.79 Å². The fourth-order valence-electron chi connectivity index (χ4n) is 3.10. The number of hydrogen-bond acceptors (Lipinski definition) is 5. The van der Waals surface area contributed by atoms with E-state index in [4.69, 9.17) is 4.74 Å². The van der Waals surface area contributed by atoms with Crippen molar-refractivity contribution in [1.82, 2.24) is 19.9 Å². The Morgan fingerprint density at radius 2 is 2.16 bits per heavy atom. The Kier molecular flexibility index (Phi) is 4.87. The molecule has 0 spiro atoms. The number of methoxy groups -OCH3 is 1. The van der Waals surface area contributed by atoms with Gasteiger partial charge in [0, 0.05) is 31.7 Å². The van der Waals surface area contributed by atoms with E-state index >= 15 is 0 Å². The molecule has 1 aromatic carbocycles. The van der Waals surface area contributed by atoms with E-state index in [1.807, 2.05) is 32.0 Å². The minimum absolute atomic E-state index is 0.0974. The summed E-state index contributed by atoms with van der Waals surface area (Å²) in [5.41, 5.74) is 0.816. The summed E-state index contributed by atoms with van der Waals surface area (Å²) in [4.78, 5) is 14.6. The summed E-state index contributed by atoms with van der Waals surface area (Å²) in [5.74, 6) is -0.0974. The Morgan fingerprint density at radius 3 is 2.84 bits per heavy atom. The number of carbonyl (C=O) groups excluding carboxylic acids is 1. The molecule has 1 fully saturated rings. The van der Waals surface area contributed by atoms with Crippen molar-refractivity contribution in [2.24, 2.45) is 0 Å². The normalized spacial score (nSPS) is 20.4. The van der Waals surface area contributed by atoms with Gasteiger partial charge in [0.05, 0.1) is 19.3 Å². The maximum atomic E-state index is 12.9. The van der Waals surface area contributed by atoms with Crippen molar-refractivity contribution in [2.75, 3.05) is 20.2 Å². The van der Waals surface area contributed by atoms with Crippen LogP contribution in [0.25, 0.3) is 0 Å². The number of likely N-dealkylation sites (tertiary alicyclic amines) is 1. The molecule has 0 radical (unpaired) electrons. The van der Waals surface area contributed by atoms with Crippen molar-refractivity contribution in [1.29, 1.82) is 0 Å². The first-order valence-electron chi connectivity index (χ1n) is 8.45. The van der Waals surface area contributed by atoms with Crippen LogP contribution in [-0.2, 0) is 16.9 Å². The van der Waals surface area contributed by atoms with Gasteiger partial charge in [-0.05, 0) is 25.5 Å². The van der Waals surface area contributed by atoms with E-state index in [1.54, 1.807) is 29.0 Å². The summed E-state index contributed by atoms with van der Waals surface area (Å²) in [5, 5.41) is 19.1. The fourth-order valence-corrected chi connectivity index (χ4v) is 3.10. The molecule has 1 aliphatic heterocycles. The third-order valence-corrected chi connectivity index (χ3v) is 4.60. The standard InChI is InChI=1S/C18H24N4O3/c1-13(2)22-10-16(19-20-22)18(24)8-9-21(12-18)17(23)15-7-5-4-6-14(15)11-25-3/h4-7,10,13,24H,8-9,11-12H2,1-3H3/t18-/m1/s1. The van der Waals surface area contributed by atoms with Crippen molar-refractivity contribution in [3.63, 3.8) is 0 Å². The van der Waals surface area contributed by atoms with E-state index in [0.29, 0.717) is 30.8 Å². The number of aliphatic hydroxyl groups is 1. The minimum Gasteiger partial charge on any atom is -0.381 e. The van der Waals surface area contributed by atoms with Crippen LogP contribution in [0.5, 0.6) is 0 Å². The number of nitrogens with zero attached hydrogens (tertiary/aromatic N) is 4. The molecule has 0 aliphatic carbocycles. The summed E-state index contributed by atoms with van der Waals surface area (Å²) < 4.78 is 6.89. The average molecular weight is 344 g/mol. The highest BCUT2D eigenvalue weighted by molar-refractivity contribution is 5.96. The summed E-state index contributed by atoms with van der Waals surface area (Å²) >= 11 is 0. The van der Waals surface area contributed by atoms with Gasteiger partial charge in [-0.15, -0.1) is 5.10 Å². The zero-order chi connectivity index (χ0) is 18.0. The zero-order valence-corrected chi connectivity index (χ0v) is 14.8. The Balaban J connectivity index is 1.79. The summed E-state index contributed by atoms with van der Waals surface area (Å²) in [7, 11) is 1.61. The largest absolute Gasteiger partial charge is 0.381 e. The van der Waals surface area contributed by atoms with Crippen LogP contribution in [0.4, 0.5) is 0 Å². The van der Waals surface area contributed by atoms with E-state index in [1.165, 1.54) is 0 Å². The molecule has 0 saturated carbocycles. The molecule has 1 aliphatic rings. The zero-order valence-electron chi connectivity index (χ0n) is 14.8. The number of benzene rings is 1. The lowest BCUT2D eigenvalue weighted by atomic mass is 10.00. The second-order valence-electron chi connectivity index (χ2n) is 6.78. The van der Waals surface area contributed by atoms with Crippen molar-refractivity contribution in [3.8, 4) is 0 Å². The van der Waals surface area contributed by atoms with Gasteiger partial charge >= 0.3 is 0 Å². The lowest BCUT2D eigenvalue weighted by Gasteiger charge is -2.22. The Hall–Kier alpha value is -2.25. The molecule has 7 nitrogen and oxygen atoms in total. The topological polar surface area (TPSA) is 80.5 Å². The molecule has 0 bridgehead atoms. The molecule has 3 rings (SSSR count). The van der Waals surface area contributed by atoms with Crippen LogP contribution in [0, 0.1) is 0 Å². The van der Waals surface area contributed by atoms with Gasteiger partial charge in [0.2, 0.25) is 0 Å². The Labute approximate surface area is 147 Å². The molecule has 2 heterocycles. The molecule has 1 atom stereocenters. The van der Waals surface area contributed by atoms with Gasteiger partial charge in [0.15, 0.2) is 0 Å². The van der Waals surface area contributed by atoms with E-state index in [9.17, 15) is 9.90 Å². The van der Waals surface area contributed by atoms with Gasteiger partial charge in [-0.1, -0.05) is 23.4 Å². The molecule has 1 N–H and O–H groups in total. The van der Waals surface area contributed by atoms with Crippen molar-refractivity contribution in [2.45, 2.75) is 38.5 Å². The average Bonchev–Trinajstić information content (AvgIpc) is 3.23. The van der Waals surface area contributed by atoms with E-state index in [-0.39, 0.29) is 18.5 Å². The highest BCUT2D eigenvalue weighted by Crippen LogP contribution is 2.32. The molecular weight excluding hydrogens is 320 g/mol. The lowest BCUT2D eigenvalue weighted by molar-refractivity contribution is 0.0380. The van der Waals surface area contributed by atoms with Crippen LogP contribution in [0.1, 0.15) is 47.9 Å². The molecule has 2 aromatic rings. The number of β-amino-alcohol motifs (C(OH)–C–C–N with tert-alkyl or cyclic N) is 1. The number of rotatable bonds is 5. The van der Waals surface area contributed by atoms with Gasteiger partial charge < -0.3 is 14.7 Å². The Morgan fingerprint density at radius 1 is 1.40 bits per heavy atom. The summed E-state index contributed by atoms with van der Waals surface area (Å²) in [6, 6.07) is 7.57. The first-order valence-corrected chi connectivity index (χ1v) is 8.45. The van der Waals surface area contributed by atoms with Crippen LogP contribution < -0.4 is 0 Å². The maximum Gasteiger partial charge on any atom is 0.254 e. The van der Waals surface area contributed by atoms with Gasteiger partial charge in [-0.2, -0.15) is 0 Å². The fraction of sp³-hybridized carbons (Fsp3) is 0.500. The molecule has 1 aromatic heterocycles. The van der Waals surface area contributed by atoms with E-state index in [2.05, 4.69) is 10.3 Å². The number of ether oxygens (including phenoxy) is 1. The molecule has 7 heteroatoms. The molecular formula is C18H24N4O3. The monoisotopic (exact) mass is 344 g/mol. The SMILES string of the molecule is COCc1ccccc1C(=O)N1CC[C@](O)(c2cn(C(C)C)nn2)C1. The van der Waals surface area contributed by atoms with Crippen molar-refractivity contribution >= 4 is 5.91 Å². The smallest absolute Gasteiger partial charge is 0.254 e. The number of aromatic nitrogens is 3. The quantitative estimate of drug-likeness (QED) is 0.894. The minimum atomic E-state index is -1.15. The predicted molar refractivity (Wildman–Crippen MR) is 92.0 cm³/mol. The Bertz CT molecular complexity index is 758. The number of carbonyl (C=O) groups is 1. The molecule has 0 unspecified atom stereocenters. The van der Waals surface area contributed by atoms with Crippen LogP contribution in [0.15, 0.2) is 30.5 Å². The highest BCUT2D eigenvalue weighted by atomic mass is 16.5.